The molecule has 2 saturated heterocycles. The van der Waals surface area contributed by atoms with Crippen LogP contribution in [0.5, 0.6) is 0 Å². The number of hydrogen-bond donors (Lipinski definition) is 3. The maximum absolute atomic E-state index is 11.1. The zero-order valence-electron chi connectivity index (χ0n) is 10.6. The van der Waals surface area contributed by atoms with Gasteiger partial charge in [-0.25, -0.2) is 4.79 Å². The van der Waals surface area contributed by atoms with Crippen molar-refractivity contribution < 1.29 is 9.53 Å². The van der Waals surface area contributed by atoms with Crippen molar-refractivity contribution >= 4 is 6.03 Å². The first-order valence-corrected chi connectivity index (χ1v) is 6.52. The van der Waals surface area contributed by atoms with Crippen LogP contribution < -0.4 is 16.0 Å². The largest absolute Gasteiger partial charge is 0.376 e. The van der Waals surface area contributed by atoms with Crippen molar-refractivity contribution in [3.05, 3.63) is 0 Å². The summed E-state index contributed by atoms with van der Waals surface area (Å²) in [7, 11) is 1.63. The fourth-order valence-electron chi connectivity index (χ4n) is 2.72. The highest BCUT2D eigenvalue weighted by molar-refractivity contribution is 5.73. The molecule has 0 unspecified atom stereocenters. The summed E-state index contributed by atoms with van der Waals surface area (Å²) in [6.45, 7) is 3.71. The fraction of sp³-hybridized carbons (Fsp3) is 0.917. The summed E-state index contributed by atoms with van der Waals surface area (Å²) in [5.41, 5.74) is 0.411. The number of urea groups is 1. The molecule has 0 aromatic heterocycles. The second kappa shape index (κ2) is 5.69. The minimum atomic E-state index is -0.129. The second-order valence-corrected chi connectivity index (χ2v) is 5.18. The first kappa shape index (κ1) is 12.6. The van der Waals surface area contributed by atoms with E-state index in [0.717, 1.165) is 26.1 Å². The minimum absolute atomic E-state index is 0.129. The van der Waals surface area contributed by atoms with E-state index in [9.17, 15) is 4.79 Å². The lowest BCUT2D eigenvalue weighted by atomic mass is 9.74. The molecule has 0 aromatic rings. The van der Waals surface area contributed by atoms with E-state index in [2.05, 4.69) is 16.0 Å². The first-order chi connectivity index (χ1) is 8.24. The van der Waals surface area contributed by atoms with Gasteiger partial charge in [-0.3, -0.25) is 0 Å². The van der Waals surface area contributed by atoms with Gasteiger partial charge in [0.15, 0.2) is 0 Å². The van der Waals surface area contributed by atoms with Crippen LogP contribution in [0.25, 0.3) is 0 Å². The maximum atomic E-state index is 11.1. The van der Waals surface area contributed by atoms with Crippen LogP contribution >= 0.6 is 0 Å². The molecule has 2 rings (SSSR count). The zero-order chi connectivity index (χ0) is 12.1. The molecule has 2 aliphatic rings. The summed E-state index contributed by atoms with van der Waals surface area (Å²) in [5.74, 6) is 0. The Morgan fingerprint density at radius 2 is 2.18 bits per heavy atom. The smallest absolute Gasteiger partial charge is 0.314 e. The Balaban J connectivity index is 1.72. The third kappa shape index (κ3) is 3.33. The molecule has 98 valence electrons. The average molecular weight is 241 g/mol. The van der Waals surface area contributed by atoms with Crippen LogP contribution in [0.4, 0.5) is 4.79 Å². The SMILES string of the molecule is CNC(=O)NC[C@H]1CCC2(CCNCC2)CO1. The van der Waals surface area contributed by atoms with Crippen molar-refractivity contribution in [2.45, 2.75) is 31.8 Å². The van der Waals surface area contributed by atoms with Crippen LogP contribution in [0.2, 0.25) is 0 Å². The van der Waals surface area contributed by atoms with Gasteiger partial charge < -0.3 is 20.7 Å². The highest BCUT2D eigenvalue weighted by Gasteiger charge is 2.36. The van der Waals surface area contributed by atoms with Gasteiger partial charge in [-0.1, -0.05) is 0 Å². The molecule has 5 heteroatoms. The van der Waals surface area contributed by atoms with Crippen molar-refractivity contribution in [1.82, 2.24) is 16.0 Å². The van der Waals surface area contributed by atoms with Gasteiger partial charge in [0.25, 0.3) is 0 Å². The minimum Gasteiger partial charge on any atom is -0.376 e. The van der Waals surface area contributed by atoms with E-state index in [1.807, 2.05) is 0 Å². The first-order valence-electron chi connectivity index (χ1n) is 6.52. The van der Waals surface area contributed by atoms with E-state index in [-0.39, 0.29) is 12.1 Å². The Kier molecular flexibility index (Phi) is 4.23. The molecule has 1 atom stereocenters. The molecule has 1 spiro atoms. The van der Waals surface area contributed by atoms with Crippen LogP contribution in [0.15, 0.2) is 0 Å². The van der Waals surface area contributed by atoms with Gasteiger partial charge in [0.2, 0.25) is 0 Å². The molecular weight excluding hydrogens is 218 g/mol. The molecule has 0 aliphatic carbocycles. The van der Waals surface area contributed by atoms with Crippen LogP contribution in [-0.4, -0.2) is 45.4 Å². The summed E-state index contributed by atoms with van der Waals surface area (Å²) in [4.78, 5) is 11.1. The van der Waals surface area contributed by atoms with E-state index in [1.165, 1.54) is 19.3 Å². The van der Waals surface area contributed by atoms with Crippen molar-refractivity contribution in [2.24, 2.45) is 5.41 Å². The standard InChI is InChI=1S/C12H23N3O2/c1-13-11(16)15-8-10-2-3-12(9-17-10)4-6-14-7-5-12/h10,14H,2-9H2,1H3,(H2,13,15,16)/t10-/m1/s1. The Bertz CT molecular complexity index is 254. The summed E-state index contributed by atoms with van der Waals surface area (Å²) < 4.78 is 5.90. The second-order valence-electron chi connectivity index (χ2n) is 5.18. The van der Waals surface area contributed by atoms with E-state index in [0.29, 0.717) is 12.0 Å². The summed E-state index contributed by atoms with van der Waals surface area (Å²) >= 11 is 0. The quantitative estimate of drug-likeness (QED) is 0.658. The van der Waals surface area contributed by atoms with Gasteiger partial charge in [-0.05, 0) is 44.2 Å². The lowest BCUT2D eigenvalue weighted by Gasteiger charge is -2.43. The molecule has 3 N–H and O–H groups in total. The van der Waals surface area contributed by atoms with E-state index < -0.39 is 0 Å². The summed E-state index contributed by atoms with van der Waals surface area (Å²) in [6, 6.07) is -0.129. The topological polar surface area (TPSA) is 62.4 Å². The molecule has 2 heterocycles. The molecule has 0 saturated carbocycles. The van der Waals surface area contributed by atoms with Crippen LogP contribution in [0, 0.1) is 5.41 Å². The number of ether oxygens (including phenoxy) is 1. The van der Waals surface area contributed by atoms with Crippen molar-refractivity contribution in [3.63, 3.8) is 0 Å². The number of piperidine rings is 1. The molecule has 2 amide bonds. The Morgan fingerprint density at radius 1 is 1.41 bits per heavy atom. The molecule has 0 aromatic carbocycles. The highest BCUT2D eigenvalue weighted by Crippen LogP contribution is 2.38. The third-order valence-corrected chi connectivity index (χ3v) is 4.00. The van der Waals surface area contributed by atoms with E-state index in [1.54, 1.807) is 7.05 Å². The van der Waals surface area contributed by atoms with E-state index in [4.69, 9.17) is 4.74 Å². The summed E-state index contributed by atoms with van der Waals surface area (Å²) in [5, 5.41) is 8.75. The molecule has 0 bridgehead atoms. The van der Waals surface area contributed by atoms with Gasteiger partial charge in [-0.2, -0.15) is 0 Å². The average Bonchev–Trinajstić information content (AvgIpc) is 2.39. The van der Waals surface area contributed by atoms with Crippen LogP contribution in [-0.2, 0) is 4.74 Å². The Labute approximate surface area is 103 Å². The molecule has 2 aliphatic heterocycles. The van der Waals surface area contributed by atoms with Crippen molar-refractivity contribution in [1.29, 1.82) is 0 Å². The predicted molar refractivity (Wildman–Crippen MR) is 66.0 cm³/mol. The number of amides is 2. The zero-order valence-corrected chi connectivity index (χ0v) is 10.6. The third-order valence-electron chi connectivity index (χ3n) is 4.00. The molecule has 5 nitrogen and oxygen atoms in total. The van der Waals surface area contributed by atoms with Gasteiger partial charge >= 0.3 is 6.03 Å². The van der Waals surface area contributed by atoms with E-state index >= 15 is 0 Å². The van der Waals surface area contributed by atoms with Gasteiger partial charge in [0, 0.05) is 13.6 Å². The van der Waals surface area contributed by atoms with Crippen LogP contribution in [0.3, 0.4) is 0 Å². The molecule has 17 heavy (non-hydrogen) atoms. The molecular formula is C12H23N3O2. The molecule has 0 radical (unpaired) electrons. The normalized spacial score (nSPS) is 27.7. The fourth-order valence-corrected chi connectivity index (χ4v) is 2.72. The maximum Gasteiger partial charge on any atom is 0.314 e. The van der Waals surface area contributed by atoms with Crippen molar-refractivity contribution in [2.75, 3.05) is 33.3 Å². The number of nitrogens with one attached hydrogen (secondary N) is 3. The van der Waals surface area contributed by atoms with Crippen LogP contribution in [0.1, 0.15) is 25.7 Å². The van der Waals surface area contributed by atoms with Gasteiger partial charge in [0.1, 0.15) is 0 Å². The highest BCUT2D eigenvalue weighted by atomic mass is 16.5. The van der Waals surface area contributed by atoms with Crippen molar-refractivity contribution in [3.8, 4) is 0 Å². The number of carbonyl (C=O) groups excluding carboxylic acids is 1. The lowest BCUT2D eigenvalue weighted by molar-refractivity contribution is -0.0718. The number of carbonyl (C=O) groups is 1. The monoisotopic (exact) mass is 241 g/mol. The van der Waals surface area contributed by atoms with Gasteiger partial charge in [0.05, 0.1) is 12.7 Å². The van der Waals surface area contributed by atoms with Gasteiger partial charge in [-0.15, -0.1) is 0 Å². The number of rotatable bonds is 2. The predicted octanol–water partition coefficient (Wildman–Crippen LogP) is 0.464. The Hall–Kier alpha value is -0.810. The number of hydrogen-bond acceptors (Lipinski definition) is 3. The molecule has 2 fully saturated rings. The lowest BCUT2D eigenvalue weighted by Crippen LogP contribution is -2.47. The Morgan fingerprint density at radius 3 is 2.76 bits per heavy atom. The summed E-state index contributed by atoms with van der Waals surface area (Å²) in [6.07, 6.45) is 4.93.